The standard InChI is InChI=1S/C30H15N3/c1-31-25-15-24-27(16-26(25)32-2)33-17-18-9-3-4-10-19(18)30(33)29-23-14-8-6-12-21(23)20-11-5-7-13-22(20)28(24)29/h3-17H. The number of rotatable bonds is 0. The second kappa shape index (κ2) is 6.33. The van der Waals surface area contributed by atoms with E-state index in [0.29, 0.717) is 11.4 Å². The molecular formula is C30H15N3. The van der Waals surface area contributed by atoms with Gasteiger partial charge in [0, 0.05) is 33.3 Å². The van der Waals surface area contributed by atoms with E-state index < -0.39 is 0 Å². The van der Waals surface area contributed by atoms with Gasteiger partial charge in [0.25, 0.3) is 0 Å². The lowest BCUT2D eigenvalue weighted by molar-refractivity contribution is 1.30. The Morgan fingerprint density at radius 2 is 1.09 bits per heavy atom. The Bertz CT molecular complexity index is 2050. The highest BCUT2D eigenvalue weighted by molar-refractivity contribution is 6.37. The van der Waals surface area contributed by atoms with Crippen molar-refractivity contribution < 1.29 is 0 Å². The molecule has 5 aromatic carbocycles. The van der Waals surface area contributed by atoms with Gasteiger partial charge in [-0.2, -0.15) is 0 Å². The molecule has 0 aliphatic rings. The van der Waals surface area contributed by atoms with Crippen LogP contribution in [0.1, 0.15) is 0 Å². The monoisotopic (exact) mass is 417 g/mol. The third-order valence-electron chi connectivity index (χ3n) is 6.76. The second-order valence-electron chi connectivity index (χ2n) is 8.36. The molecule has 7 rings (SSSR count). The zero-order valence-corrected chi connectivity index (χ0v) is 17.5. The van der Waals surface area contributed by atoms with Gasteiger partial charge in [-0.25, -0.2) is 0 Å². The van der Waals surface area contributed by atoms with Gasteiger partial charge in [-0.1, -0.05) is 78.9 Å². The highest BCUT2D eigenvalue weighted by Crippen LogP contribution is 2.45. The average Bonchev–Trinajstić information content (AvgIpc) is 3.27. The van der Waals surface area contributed by atoms with Gasteiger partial charge in [0.15, 0.2) is 11.4 Å². The maximum Gasteiger partial charge on any atom is 0.196 e. The van der Waals surface area contributed by atoms with Crippen molar-refractivity contribution in [3.63, 3.8) is 0 Å². The van der Waals surface area contributed by atoms with Crippen molar-refractivity contribution >= 4 is 70.9 Å². The Hall–Kier alpha value is -4.86. The fourth-order valence-electron chi connectivity index (χ4n) is 5.42. The predicted molar refractivity (Wildman–Crippen MR) is 137 cm³/mol. The first-order valence-corrected chi connectivity index (χ1v) is 10.8. The maximum atomic E-state index is 7.69. The van der Waals surface area contributed by atoms with Crippen molar-refractivity contribution in [1.82, 2.24) is 4.40 Å². The van der Waals surface area contributed by atoms with Crippen LogP contribution in [-0.4, -0.2) is 4.40 Å². The number of nitrogens with zero attached hydrogens (tertiary/aromatic N) is 3. The van der Waals surface area contributed by atoms with Crippen molar-refractivity contribution in [3.8, 4) is 0 Å². The molecule has 0 aliphatic carbocycles. The summed E-state index contributed by atoms with van der Waals surface area (Å²) in [5.74, 6) is 0. The average molecular weight is 417 g/mol. The summed E-state index contributed by atoms with van der Waals surface area (Å²) in [5, 5.41) is 10.4. The molecule has 3 heteroatoms. The first-order valence-electron chi connectivity index (χ1n) is 10.8. The van der Waals surface area contributed by atoms with Gasteiger partial charge < -0.3 is 4.40 Å². The first kappa shape index (κ1) is 17.8. The molecule has 0 saturated heterocycles. The smallest absolute Gasteiger partial charge is 0.196 e. The predicted octanol–water partition coefficient (Wildman–Crippen LogP) is 8.81. The maximum absolute atomic E-state index is 7.69. The summed E-state index contributed by atoms with van der Waals surface area (Å²) in [6, 6.07) is 29.3. The van der Waals surface area contributed by atoms with Gasteiger partial charge in [-0.3, -0.25) is 9.69 Å². The van der Waals surface area contributed by atoms with Crippen molar-refractivity contribution in [1.29, 1.82) is 0 Å². The van der Waals surface area contributed by atoms with Crippen LogP contribution < -0.4 is 0 Å². The molecule has 0 amide bonds. The largest absolute Gasteiger partial charge is 0.316 e. The summed E-state index contributed by atoms with van der Waals surface area (Å²) in [7, 11) is 0. The summed E-state index contributed by atoms with van der Waals surface area (Å²) in [4.78, 5) is 7.36. The number of hydrogen-bond donors (Lipinski definition) is 0. The highest BCUT2D eigenvalue weighted by Gasteiger charge is 2.19. The normalized spacial score (nSPS) is 11.6. The Labute approximate surface area is 189 Å². The summed E-state index contributed by atoms with van der Waals surface area (Å²) < 4.78 is 2.21. The van der Waals surface area contributed by atoms with Crippen molar-refractivity contribution in [2.24, 2.45) is 0 Å². The van der Waals surface area contributed by atoms with Crippen LogP contribution >= 0.6 is 0 Å². The number of benzene rings is 5. The molecule has 0 aliphatic heterocycles. The Morgan fingerprint density at radius 3 is 1.76 bits per heavy atom. The van der Waals surface area contributed by atoms with Crippen LogP contribution in [0.2, 0.25) is 0 Å². The molecule has 0 unspecified atom stereocenters. The van der Waals surface area contributed by atoms with Gasteiger partial charge in [0.1, 0.15) is 0 Å². The Balaban J connectivity index is 1.97. The van der Waals surface area contributed by atoms with E-state index in [1.807, 2.05) is 12.1 Å². The second-order valence-corrected chi connectivity index (χ2v) is 8.36. The van der Waals surface area contributed by atoms with Crippen LogP contribution in [0.4, 0.5) is 11.4 Å². The van der Waals surface area contributed by atoms with E-state index in [2.05, 4.69) is 93.1 Å². The van der Waals surface area contributed by atoms with Gasteiger partial charge in [-0.05, 0) is 33.0 Å². The van der Waals surface area contributed by atoms with Crippen LogP contribution in [0.25, 0.3) is 69.2 Å². The molecule has 7 aromatic rings. The summed E-state index contributed by atoms with van der Waals surface area (Å²) in [6.07, 6.45) is 2.15. The number of fused-ring (bicyclic) bond motifs is 13. The van der Waals surface area contributed by atoms with Crippen LogP contribution in [0, 0.1) is 13.1 Å². The zero-order chi connectivity index (χ0) is 22.1. The van der Waals surface area contributed by atoms with Crippen LogP contribution in [-0.2, 0) is 0 Å². The molecule has 33 heavy (non-hydrogen) atoms. The summed E-state index contributed by atoms with van der Waals surface area (Å²) >= 11 is 0. The van der Waals surface area contributed by atoms with E-state index in [1.54, 1.807) is 0 Å². The van der Waals surface area contributed by atoms with Crippen molar-refractivity contribution in [2.75, 3.05) is 0 Å². The topological polar surface area (TPSA) is 13.1 Å². The SMILES string of the molecule is [C-]#[N+]c1cc2c3c4ccccc4c4ccccc4c3c3c4ccccc4cn3c2cc1[N+]#[C-]. The third kappa shape index (κ3) is 2.21. The minimum absolute atomic E-state index is 0.390. The lowest BCUT2D eigenvalue weighted by atomic mass is 9.91. The Kier molecular flexibility index (Phi) is 3.41. The molecule has 0 radical (unpaired) electrons. The minimum atomic E-state index is 0.390. The number of pyridine rings is 1. The summed E-state index contributed by atoms with van der Waals surface area (Å²) in [5.41, 5.74) is 2.88. The van der Waals surface area contributed by atoms with E-state index in [4.69, 9.17) is 13.1 Å². The molecule has 3 nitrogen and oxygen atoms in total. The molecule has 0 fully saturated rings. The van der Waals surface area contributed by atoms with Gasteiger partial charge in [-0.15, -0.1) is 0 Å². The highest BCUT2D eigenvalue weighted by atomic mass is 14.9. The molecular weight excluding hydrogens is 402 g/mol. The van der Waals surface area contributed by atoms with Gasteiger partial charge in [0.05, 0.1) is 18.7 Å². The van der Waals surface area contributed by atoms with Crippen LogP contribution in [0.3, 0.4) is 0 Å². The molecule has 0 bridgehead atoms. The lowest BCUT2D eigenvalue weighted by Crippen LogP contribution is -1.92. The van der Waals surface area contributed by atoms with Crippen LogP contribution in [0.5, 0.6) is 0 Å². The van der Waals surface area contributed by atoms with Crippen LogP contribution in [0.15, 0.2) is 91.1 Å². The van der Waals surface area contributed by atoms with Gasteiger partial charge >= 0.3 is 0 Å². The summed E-state index contributed by atoms with van der Waals surface area (Å²) in [6.45, 7) is 15.3. The molecule has 2 heterocycles. The van der Waals surface area contributed by atoms with Crippen molar-refractivity contribution in [2.45, 2.75) is 0 Å². The fourth-order valence-corrected chi connectivity index (χ4v) is 5.42. The molecule has 150 valence electrons. The molecule has 0 spiro atoms. The fraction of sp³-hybridized carbons (Fsp3) is 0. The molecule has 0 atom stereocenters. The Morgan fingerprint density at radius 1 is 0.545 bits per heavy atom. The lowest BCUT2D eigenvalue weighted by Gasteiger charge is -2.16. The van der Waals surface area contributed by atoms with E-state index in [9.17, 15) is 0 Å². The molecule has 2 aromatic heterocycles. The van der Waals surface area contributed by atoms with Gasteiger partial charge in [0.2, 0.25) is 0 Å². The number of hydrogen-bond acceptors (Lipinski definition) is 0. The van der Waals surface area contributed by atoms with E-state index in [0.717, 1.165) is 32.6 Å². The number of aromatic nitrogens is 1. The quantitative estimate of drug-likeness (QED) is 0.173. The zero-order valence-electron chi connectivity index (χ0n) is 17.5. The van der Waals surface area contributed by atoms with Crippen molar-refractivity contribution in [3.05, 3.63) is 114 Å². The van der Waals surface area contributed by atoms with E-state index in [-0.39, 0.29) is 0 Å². The molecule has 0 N–H and O–H groups in total. The molecule has 0 saturated carbocycles. The minimum Gasteiger partial charge on any atom is -0.316 e. The van der Waals surface area contributed by atoms with E-state index >= 15 is 0 Å². The third-order valence-corrected chi connectivity index (χ3v) is 6.76. The first-order chi connectivity index (χ1) is 16.3. The van der Waals surface area contributed by atoms with E-state index in [1.165, 1.54) is 26.9 Å².